The molecule has 0 spiro atoms. The summed E-state index contributed by atoms with van der Waals surface area (Å²) >= 11 is 0. The Labute approximate surface area is 116 Å². The van der Waals surface area contributed by atoms with Crippen molar-refractivity contribution in [3.05, 3.63) is 33.9 Å². The van der Waals surface area contributed by atoms with Gasteiger partial charge in [0.15, 0.2) is 5.75 Å². The highest BCUT2D eigenvalue weighted by Gasteiger charge is 2.21. The maximum absolute atomic E-state index is 10.9. The molecular formula is C13H17N3O4. The SMILES string of the molecule is NC(=O)CCOc1cc(CNC2CC2)ccc1[N+](=O)[O-]. The van der Waals surface area contributed by atoms with E-state index >= 15 is 0 Å². The van der Waals surface area contributed by atoms with Crippen LogP contribution in [0.3, 0.4) is 0 Å². The predicted molar refractivity (Wildman–Crippen MR) is 72.3 cm³/mol. The van der Waals surface area contributed by atoms with Crippen molar-refractivity contribution in [1.29, 1.82) is 0 Å². The van der Waals surface area contributed by atoms with E-state index < -0.39 is 10.8 Å². The first-order valence-corrected chi connectivity index (χ1v) is 6.48. The molecule has 108 valence electrons. The third-order valence-corrected chi connectivity index (χ3v) is 3.00. The molecule has 7 heteroatoms. The molecule has 0 aromatic heterocycles. The number of carbonyl (C=O) groups excluding carboxylic acids is 1. The Bertz CT molecular complexity index is 514. The summed E-state index contributed by atoms with van der Waals surface area (Å²) < 4.78 is 5.30. The van der Waals surface area contributed by atoms with E-state index in [4.69, 9.17) is 10.5 Å². The van der Waals surface area contributed by atoms with Crippen LogP contribution in [-0.2, 0) is 11.3 Å². The summed E-state index contributed by atoms with van der Waals surface area (Å²) in [5.74, 6) is -0.328. The van der Waals surface area contributed by atoms with Gasteiger partial charge in [-0.25, -0.2) is 0 Å². The summed E-state index contributed by atoms with van der Waals surface area (Å²) in [6.07, 6.45) is 2.38. The average Bonchev–Trinajstić information content (AvgIpc) is 3.19. The predicted octanol–water partition coefficient (Wildman–Crippen LogP) is 1.10. The van der Waals surface area contributed by atoms with Gasteiger partial charge < -0.3 is 15.8 Å². The van der Waals surface area contributed by atoms with Gasteiger partial charge in [-0.05, 0) is 24.5 Å². The highest BCUT2D eigenvalue weighted by Crippen LogP contribution is 2.28. The molecule has 1 aliphatic carbocycles. The quantitative estimate of drug-likeness (QED) is 0.547. The van der Waals surface area contributed by atoms with Crippen molar-refractivity contribution in [2.45, 2.75) is 31.8 Å². The topological polar surface area (TPSA) is 107 Å². The van der Waals surface area contributed by atoms with Gasteiger partial charge in [-0.2, -0.15) is 0 Å². The van der Waals surface area contributed by atoms with Crippen molar-refractivity contribution in [2.24, 2.45) is 5.73 Å². The molecule has 1 saturated carbocycles. The molecule has 1 fully saturated rings. The van der Waals surface area contributed by atoms with E-state index in [1.54, 1.807) is 12.1 Å². The lowest BCUT2D eigenvalue weighted by Gasteiger charge is -2.08. The first-order valence-electron chi connectivity index (χ1n) is 6.48. The van der Waals surface area contributed by atoms with Crippen LogP contribution in [0.25, 0.3) is 0 Å². The fraction of sp³-hybridized carbons (Fsp3) is 0.462. The molecule has 1 aromatic carbocycles. The molecule has 1 aliphatic rings. The number of ether oxygens (including phenoxy) is 1. The van der Waals surface area contributed by atoms with Gasteiger partial charge in [0, 0.05) is 18.7 Å². The van der Waals surface area contributed by atoms with Crippen molar-refractivity contribution >= 4 is 11.6 Å². The second-order valence-electron chi connectivity index (χ2n) is 4.78. The third-order valence-electron chi connectivity index (χ3n) is 3.00. The van der Waals surface area contributed by atoms with Gasteiger partial charge in [0.1, 0.15) is 0 Å². The molecule has 0 bridgehead atoms. The van der Waals surface area contributed by atoms with Gasteiger partial charge in [-0.3, -0.25) is 14.9 Å². The molecule has 20 heavy (non-hydrogen) atoms. The number of benzene rings is 1. The van der Waals surface area contributed by atoms with E-state index in [0.717, 1.165) is 5.56 Å². The number of nitrogens with zero attached hydrogens (tertiary/aromatic N) is 1. The minimum atomic E-state index is -0.502. The summed E-state index contributed by atoms with van der Waals surface area (Å²) in [7, 11) is 0. The van der Waals surface area contributed by atoms with Crippen molar-refractivity contribution in [3.8, 4) is 5.75 Å². The maximum Gasteiger partial charge on any atom is 0.310 e. The zero-order valence-corrected chi connectivity index (χ0v) is 11.0. The summed E-state index contributed by atoms with van der Waals surface area (Å²) in [6.45, 7) is 0.685. The molecule has 3 N–H and O–H groups in total. The first-order chi connectivity index (χ1) is 9.56. The molecule has 0 atom stereocenters. The number of nitro groups is 1. The van der Waals surface area contributed by atoms with Gasteiger partial charge in [0.2, 0.25) is 5.91 Å². The maximum atomic E-state index is 10.9. The Morgan fingerprint density at radius 3 is 2.85 bits per heavy atom. The molecule has 7 nitrogen and oxygen atoms in total. The normalized spacial score (nSPS) is 14.0. The Kier molecular flexibility index (Phi) is 4.52. The van der Waals surface area contributed by atoms with Crippen molar-refractivity contribution in [2.75, 3.05) is 6.61 Å². The number of rotatable bonds is 8. The van der Waals surface area contributed by atoms with Crippen LogP contribution in [0.15, 0.2) is 18.2 Å². The highest BCUT2D eigenvalue weighted by molar-refractivity contribution is 5.73. The van der Waals surface area contributed by atoms with Gasteiger partial charge in [-0.1, -0.05) is 6.07 Å². The third kappa shape index (κ3) is 4.20. The smallest absolute Gasteiger partial charge is 0.310 e. The monoisotopic (exact) mass is 279 g/mol. The number of amides is 1. The van der Waals surface area contributed by atoms with Crippen LogP contribution in [0.1, 0.15) is 24.8 Å². The standard InChI is InChI=1S/C13H17N3O4/c14-13(17)5-6-20-12-7-9(8-15-10-2-3-10)1-4-11(12)16(18)19/h1,4,7,10,15H,2-3,5-6,8H2,(H2,14,17). The van der Waals surface area contributed by atoms with Crippen LogP contribution in [0.5, 0.6) is 5.75 Å². The lowest BCUT2D eigenvalue weighted by atomic mass is 10.2. The lowest BCUT2D eigenvalue weighted by Crippen LogP contribution is -2.16. The molecule has 1 amide bonds. The number of nitrogens with one attached hydrogen (secondary N) is 1. The van der Waals surface area contributed by atoms with E-state index in [2.05, 4.69) is 5.32 Å². The summed E-state index contributed by atoms with van der Waals surface area (Å²) in [6, 6.07) is 5.32. The molecule has 0 radical (unpaired) electrons. The number of hydrogen-bond donors (Lipinski definition) is 2. The van der Waals surface area contributed by atoms with E-state index in [-0.39, 0.29) is 24.5 Å². The Balaban J connectivity index is 2.04. The molecule has 0 saturated heterocycles. The zero-order chi connectivity index (χ0) is 14.5. The number of nitrogens with two attached hydrogens (primary N) is 1. The van der Waals surface area contributed by atoms with E-state index in [9.17, 15) is 14.9 Å². The average molecular weight is 279 g/mol. The van der Waals surface area contributed by atoms with Crippen molar-refractivity contribution in [1.82, 2.24) is 5.32 Å². The lowest BCUT2D eigenvalue weighted by molar-refractivity contribution is -0.385. The Morgan fingerprint density at radius 2 is 2.25 bits per heavy atom. The molecule has 1 aromatic rings. The van der Waals surface area contributed by atoms with Crippen LogP contribution in [-0.4, -0.2) is 23.5 Å². The van der Waals surface area contributed by atoms with Gasteiger partial charge in [0.25, 0.3) is 0 Å². The Morgan fingerprint density at radius 1 is 1.50 bits per heavy atom. The number of nitro benzene ring substituents is 1. The van der Waals surface area contributed by atoms with Gasteiger partial charge >= 0.3 is 5.69 Å². The first kappa shape index (κ1) is 14.3. The van der Waals surface area contributed by atoms with E-state index in [0.29, 0.717) is 12.6 Å². The number of hydrogen-bond acceptors (Lipinski definition) is 5. The zero-order valence-electron chi connectivity index (χ0n) is 11.0. The van der Waals surface area contributed by atoms with E-state index in [1.807, 2.05) is 0 Å². The van der Waals surface area contributed by atoms with Crippen LogP contribution in [0.4, 0.5) is 5.69 Å². The fourth-order valence-electron chi connectivity index (χ4n) is 1.75. The van der Waals surface area contributed by atoms with Gasteiger partial charge in [0.05, 0.1) is 18.0 Å². The molecular weight excluding hydrogens is 262 g/mol. The molecule has 2 rings (SSSR count). The fourth-order valence-corrected chi connectivity index (χ4v) is 1.75. The second kappa shape index (κ2) is 6.33. The Hall–Kier alpha value is -2.15. The van der Waals surface area contributed by atoms with Gasteiger partial charge in [-0.15, -0.1) is 0 Å². The van der Waals surface area contributed by atoms with Crippen molar-refractivity contribution in [3.63, 3.8) is 0 Å². The number of carbonyl (C=O) groups is 1. The van der Waals surface area contributed by atoms with Crippen molar-refractivity contribution < 1.29 is 14.5 Å². The van der Waals surface area contributed by atoms with E-state index in [1.165, 1.54) is 18.9 Å². The minimum Gasteiger partial charge on any atom is -0.486 e. The molecule has 0 unspecified atom stereocenters. The summed E-state index contributed by atoms with van der Waals surface area (Å²) in [4.78, 5) is 21.1. The summed E-state index contributed by atoms with van der Waals surface area (Å²) in [5, 5.41) is 14.2. The van der Waals surface area contributed by atoms with Crippen LogP contribution < -0.4 is 15.8 Å². The number of primary amides is 1. The highest BCUT2D eigenvalue weighted by atomic mass is 16.6. The summed E-state index contributed by atoms with van der Waals surface area (Å²) in [5.41, 5.74) is 5.82. The van der Waals surface area contributed by atoms with Crippen LogP contribution >= 0.6 is 0 Å². The molecule has 0 heterocycles. The molecule has 0 aliphatic heterocycles. The minimum absolute atomic E-state index is 0.0295. The largest absolute Gasteiger partial charge is 0.486 e. The second-order valence-corrected chi connectivity index (χ2v) is 4.78. The van der Waals surface area contributed by atoms with Crippen LogP contribution in [0.2, 0.25) is 0 Å². The van der Waals surface area contributed by atoms with Crippen LogP contribution in [0, 0.1) is 10.1 Å².